The first-order valence-electron chi connectivity index (χ1n) is 31.2. The molecule has 79 heavy (non-hydrogen) atoms. The number of carbonyl (C=O) groups is 4. The van der Waals surface area contributed by atoms with Gasteiger partial charge in [-0.05, 0) is 116 Å². The van der Waals surface area contributed by atoms with E-state index in [-0.39, 0.29) is 25.9 Å². The highest BCUT2D eigenvalue weighted by Gasteiger charge is 2.50. The molecule has 0 aromatic rings. The third-order valence-electron chi connectivity index (χ3n) is 13.6. The average Bonchev–Trinajstić information content (AvgIpc) is 3.43. The first-order valence-corrected chi connectivity index (χ1v) is 31.2. The average molecular weight is 1110 g/mol. The van der Waals surface area contributed by atoms with Crippen LogP contribution in [0.1, 0.15) is 252 Å². The van der Waals surface area contributed by atoms with Gasteiger partial charge in [0, 0.05) is 19.3 Å². The van der Waals surface area contributed by atoms with Crippen molar-refractivity contribution < 1.29 is 58.2 Å². The molecule has 12 heteroatoms. The minimum atomic E-state index is -1.92. The van der Waals surface area contributed by atoms with Gasteiger partial charge < -0.3 is 39.0 Å². The number of aliphatic hydroxyl groups is 2. The van der Waals surface area contributed by atoms with E-state index in [1.165, 1.54) is 44.9 Å². The molecule has 1 rings (SSSR count). The first kappa shape index (κ1) is 72.7. The summed E-state index contributed by atoms with van der Waals surface area (Å²) in [7, 11) is 0. The Kier molecular flexibility index (Phi) is 49.9. The lowest BCUT2D eigenvalue weighted by Gasteiger charge is -2.40. The summed E-state index contributed by atoms with van der Waals surface area (Å²) in [5.74, 6) is -3.18. The van der Waals surface area contributed by atoms with Crippen molar-refractivity contribution >= 4 is 23.9 Å². The Morgan fingerprint density at radius 3 is 1.23 bits per heavy atom. The van der Waals surface area contributed by atoms with Crippen molar-refractivity contribution in [3.8, 4) is 0 Å². The van der Waals surface area contributed by atoms with E-state index in [1.54, 1.807) is 0 Å². The smallest absolute Gasteiger partial charge is 0.335 e. The van der Waals surface area contributed by atoms with E-state index in [4.69, 9.17) is 23.7 Å². The van der Waals surface area contributed by atoms with Gasteiger partial charge in [0.15, 0.2) is 24.6 Å². The fourth-order valence-corrected chi connectivity index (χ4v) is 8.90. The lowest BCUT2D eigenvalue weighted by Crippen LogP contribution is -2.61. The number of ether oxygens (including phenoxy) is 5. The minimum absolute atomic E-state index is 0.0269. The van der Waals surface area contributed by atoms with Gasteiger partial charge in [0.05, 0.1) is 6.61 Å². The molecule has 1 aliphatic rings. The molecule has 0 aromatic heterocycles. The van der Waals surface area contributed by atoms with Gasteiger partial charge in [-0.15, -0.1) is 0 Å². The largest absolute Gasteiger partial charge is 0.479 e. The van der Waals surface area contributed by atoms with Gasteiger partial charge in [0.25, 0.3) is 0 Å². The van der Waals surface area contributed by atoms with Crippen LogP contribution in [0.15, 0.2) is 97.2 Å². The number of aliphatic hydroxyl groups excluding tert-OH is 2. The maximum Gasteiger partial charge on any atom is 0.335 e. The lowest BCUT2D eigenvalue weighted by atomic mass is 9.98. The van der Waals surface area contributed by atoms with Gasteiger partial charge in [-0.2, -0.15) is 0 Å². The van der Waals surface area contributed by atoms with Crippen molar-refractivity contribution in [2.75, 3.05) is 13.2 Å². The van der Waals surface area contributed by atoms with Gasteiger partial charge in [-0.3, -0.25) is 14.4 Å². The highest BCUT2D eigenvalue weighted by Crippen LogP contribution is 2.26. The number of allylic oxidation sites excluding steroid dienone is 16. The molecule has 1 saturated heterocycles. The molecule has 0 spiro atoms. The Balaban J connectivity index is 2.70. The van der Waals surface area contributed by atoms with Crippen molar-refractivity contribution in [2.45, 2.75) is 289 Å². The molecule has 0 amide bonds. The van der Waals surface area contributed by atoms with Crippen LogP contribution in [0, 0.1) is 0 Å². The summed E-state index contributed by atoms with van der Waals surface area (Å²) in [6, 6.07) is 0. The predicted molar refractivity (Wildman–Crippen MR) is 321 cm³/mol. The Morgan fingerprint density at radius 1 is 0.430 bits per heavy atom. The fourth-order valence-electron chi connectivity index (χ4n) is 8.90. The molecule has 1 heterocycles. The second-order valence-electron chi connectivity index (χ2n) is 20.9. The van der Waals surface area contributed by atoms with Crippen LogP contribution in [-0.4, -0.2) is 89.2 Å². The van der Waals surface area contributed by atoms with Crippen LogP contribution >= 0.6 is 0 Å². The topological polar surface area (TPSA) is 175 Å². The van der Waals surface area contributed by atoms with Gasteiger partial charge >= 0.3 is 23.9 Å². The van der Waals surface area contributed by atoms with Gasteiger partial charge in [0.2, 0.25) is 0 Å². The van der Waals surface area contributed by atoms with E-state index in [1.807, 2.05) is 0 Å². The Hall–Kier alpha value is -4.36. The number of hydrogen-bond acceptors (Lipinski definition) is 11. The molecule has 3 N–H and O–H groups in total. The maximum absolute atomic E-state index is 13.2. The van der Waals surface area contributed by atoms with Crippen molar-refractivity contribution in [2.24, 2.45) is 0 Å². The zero-order chi connectivity index (χ0) is 57.5. The molecule has 6 unspecified atom stereocenters. The van der Waals surface area contributed by atoms with Crippen molar-refractivity contribution in [1.82, 2.24) is 0 Å². The molecule has 0 aromatic carbocycles. The van der Waals surface area contributed by atoms with E-state index in [2.05, 4.69) is 118 Å². The molecule has 1 aliphatic heterocycles. The number of rotatable bonds is 52. The molecule has 450 valence electrons. The SMILES string of the molecule is CC/C=C\C/C=C\C/C=C\C/C=C\CCCCCCC(=O)OC1C(OCC(COC(=O)CCCCCCCCC/C=C\C/C=C\C/C=C\CC)OC(=O)CCCCCCC/C=C\CCCCCCCC)OC(C(=O)O)C(O)C1O. The molecule has 0 saturated carbocycles. The second-order valence-corrected chi connectivity index (χ2v) is 20.9. The molecule has 0 bridgehead atoms. The van der Waals surface area contributed by atoms with Crippen molar-refractivity contribution in [3.05, 3.63) is 97.2 Å². The lowest BCUT2D eigenvalue weighted by molar-refractivity contribution is -0.301. The molecule has 0 radical (unpaired) electrons. The molecule has 1 fully saturated rings. The van der Waals surface area contributed by atoms with E-state index in [0.29, 0.717) is 19.3 Å². The molecule has 12 nitrogen and oxygen atoms in total. The van der Waals surface area contributed by atoms with E-state index in [0.717, 1.165) is 148 Å². The van der Waals surface area contributed by atoms with Crippen molar-refractivity contribution in [3.63, 3.8) is 0 Å². The monoisotopic (exact) mass is 1110 g/mol. The molecule has 0 aliphatic carbocycles. The van der Waals surface area contributed by atoms with Crippen LogP contribution in [0.25, 0.3) is 0 Å². The van der Waals surface area contributed by atoms with Crippen LogP contribution in [0.4, 0.5) is 0 Å². The number of carboxylic acid groups (broad SMARTS) is 1. The summed E-state index contributed by atoms with van der Waals surface area (Å²) in [6.45, 7) is 5.75. The van der Waals surface area contributed by atoms with Crippen molar-refractivity contribution in [1.29, 1.82) is 0 Å². The fraction of sp³-hybridized carbons (Fsp3) is 0.701. The highest BCUT2D eigenvalue weighted by molar-refractivity contribution is 5.74. The van der Waals surface area contributed by atoms with Gasteiger partial charge in [0.1, 0.15) is 18.8 Å². The summed E-state index contributed by atoms with van der Waals surface area (Å²) in [4.78, 5) is 51.3. The Labute approximate surface area is 479 Å². The first-order chi connectivity index (χ1) is 38.6. The van der Waals surface area contributed by atoms with E-state index >= 15 is 0 Å². The summed E-state index contributed by atoms with van der Waals surface area (Å²) >= 11 is 0. The van der Waals surface area contributed by atoms with E-state index in [9.17, 15) is 34.5 Å². The normalized spacial score (nSPS) is 18.5. The third-order valence-corrected chi connectivity index (χ3v) is 13.6. The third kappa shape index (κ3) is 44.0. The van der Waals surface area contributed by atoms with Crippen LogP contribution in [0.2, 0.25) is 0 Å². The standard InChI is InChI=1S/C67H110O12/c1-4-7-10-13-16-19-22-25-28-30-33-35-38-41-44-47-50-53-59(68)75-56-58(77-60(69)54-51-48-45-42-39-36-32-27-24-21-18-15-12-9-6-3)57-76-67-65(63(72)62(71)64(79-67)66(73)74)78-61(70)55-52-49-46-43-40-37-34-31-29-26-23-20-17-14-11-8-5-2/h7-8,10-11,16-17,19-20,25-29,32,34,37,58,62-65,67,71-72H,4-6,9,12-15,18,21-24,30-31,33,35-36,38-57H2,1-3H3,(H,73,74)/b10-7-,11-8-,19-16-,20-17-,28-25-,29-26-,32-27-,37-34-. The van der Waals surface area contributed by atoms with Gasteiger partial charge in [-0.25, -0.2) is 4.79 Å². The Morgan fingerprint density at radius 2 is 0.797 bits per heavy atom. The number of unbranched alkanes of at least 4 members (excludes halogenated alkanes) is 22. The number of aliphatic carboxylic acids is 1. The van der Waals surface area contributed by atoms with Crippen LogP contribution in [0.3, 0.4) is 0 Å². The quantitative estimate of drug-likeness (QED) is 0.0228. The number of hydrogen-bond donors (Lipinski definition) is 3. The van der Waals surface area contributed by atoms with Gasteiger partial charge in [-0.1, -0.05) is 214 Å². The minimum Gasteiger partial charge on any atom is -0.479 e. The number of esters is 3. The highest BCUT2D eigenvalue weighted by atomic mass is 16.7. The summed E-state index contributed by atoms with van der Waals surface area (Å²) < 4.78 is 28.5. The number of carboxylic acids is 1. The number of carbonyl (C=O) groups excluding carboxylic acids is 3. The van der Waals surface area contributed by atoms with Crippen LogP contribution in [-0.2, 0) is 42.9 Å². The zero-order valence-electron chi connectivity index (χ0n) is 49.6. The zero-order valence-corrected chi connectivity index (χ0v) is 49.6. The Bertz CT molecular complexity index is 1740. The van der Waals surface area contributed by atoms with E-state index < -0.39 is 67.3 Å². The maximum atomic E-state index is 13.2. The van der Waals surface area contributed by atoms with Crippen LogP contribution in [0.5, 0.6) is 0 Å². The summed E-state index contributed by atoms with van der Waals surface area (Å²) in [5.41, 5.74) is 0. The second kappa shape index (κ2) is 54.2. The molecule has 6 atom stereocenters. The summed E-state index contributed by atoms with van der Waals surface area (Å²) in [6.07, 6.45) is 59.3. The molecular weight excluding hydrogens is 997 g/mol. The predicted octanol–water partition coefficient (Wildman–Crippen LogP) is 16.5. The summed E-state index contributed by atoms with van der Waals surface area (Å²) in [5, 5.41) is 31.5. The van der Waals surface area contributed by atoms with Crippen LogP contribution < -0.4 is 0 Å². The molecular formula is C67H110O12.